The normalized spacial score (nSPS) is 13.9. The minimum Gasteiger partial charge on any atom is -0.480 e. The molecule has 0 aromatic heterocycles. The van der Waals surface area contributed by atoms with E-state index in [4.69, 9.17) is 5.11 Å². The molecule has 0 heterocycles. The molecule has 0 rings (SSSR count). The summed E-state index contributed by atoms with van der Waals surface area (Å²) in [5.74, 6) is -1.12. The number of carbonyl (C=O) groups is 1. The molecular weight excluding hydrogens is 249 g/mol. The van der Waals surface area contributed by atoms with E-state index in [0.717, 1.165) is 11.3 Å². The Balaban J connectivity index is 4.45. The zero-order valence-electron chi connectivity index (χ0n) is 10.8. The number of aliphatic carboxylic acids is 1. The maximum Gasteiger partial charge on any atom is 0.401 e. The summed E-state index contributed by atoms with van der Waals surface area (Å²) >= 11 is 0. The van der Waals surface area contributed by atoms with Crippen LogP contribution < -0.4 is 5.32 Å². The third-order valence-electron chi connectivity index (χ3n) is 2.32. The zero-order chi connectivity index (χ0) is 14.2. The summed E-state index contributed by atoms with van der Waals surface area (Å²) in [6.45, 7) is 3.13. The molecule has 0 saturated heterocycles. The number of hydrogen-bond donors (Lipinski definition) is 2. The summed E-state index contributed by atoms with van der Waals surface area (Å²) in [7, 11) is 0. The van der Waals surface area contributed by atoms with Crippen LogP contribution in [0.2, 0.25) is 0 Å². The van der Waals surface area contributed by atoms with Crippen LogP contribution in [0.1, 0.15) is 26.7 Å². The molecule has 0 spiro atoms. The van der Waals surface area contributed by atoms with Gasteiger partial charge in [0.25, 0.3) is 0 Å². The van der Waals surface area contributed by atoms with E-state index in [1.54, 1.807) is 6.92 Å². The molecule has 0 amide bonds. The molecule has 2 N–H and O–H groups in total. The van der Waals surface area contributed by atoms with Gasteiger partial charge in [-0.1, -0.05) is 13.8 Å². The Hall–Kier alpha value is -0.820. The fourth-order valence-electron chi connectivity index (χ4n) is 1.61. The lowest BCUT2D eigenvalue weighted by atomic mass is 10.2. The quantitative estimate of drug-likeness (QED) is 0.670. The first kappa shape index (κ1) is 17.2. The minimum absolute atomic E-state index is 0.136. The SMILES string of the molecule is CCCNC(CN(CCC)CC(F)(F)F)C(=O)O. The van der Waals surface area contributed by atoms with Gasteiger partial charge in [0, 0.05) is 6.54 Å². The van der Waals surface area contributed by atoms with Crippen molar-refractivity contribution in [1.29, 1.82) is 0 Å². The van der Waals surface area contributed by atoms with Gasteiger partial charge in [-0.15, -0.1) is 0 Å². The topological polar surface area (TPSA) is 52.6 Å². The summed E-state index contributed by atoms with van der Waals surface area (Å²) in [5, 5.41) is 11.7. The van der Waals surface area contributed by atoms with Crippen LogP contribution in [0.3, 0.4) is 0 Å². The lowest BCUT2D eigenvalue weighted by Crippen LogP contribution is -2.48. The van der Waals surface area contributed by atoms with Gasteiger partial charge in [-0.3, -0.25) is 9.69 Å². The lowest BCUT2D eigenvalue weighted by Gasteiger charge is -2.26. The van der Waals surface area contributed by atoms with Gasteiger partial charge in [-0.05, 0) is 25.9 Å². The average Bonchev–Trinajstić information content (AvgIpc) is 2.21. The van der Waals surface area contributed by atoms with Crippen LogP contribution >= 0.6 is 0 Å². The molecule has 0 aliphatic heterocycles. The van der Waals surface area contributed by atoms with Crippen molar-refractivity contribution in [3.63, 3.8) is 0 Å². The Kier molecular flexibility index (Phi) is 7.93. The Morgan fingerprint density at radius 2 is 1.94 bits per heavy atom. The third kappa shape index (κ3) is 8.30. The van der Waals surface area contributed by atoms with Crippen molar-refractivity contribution in [2.75, 3.05) is 26.2 Å². The smallest absolute Gasteiger partial charge is 0.401 e. The van der Waals surface area contributed by atoms with Gasteiger partial charge in [-0.2, -0.15) is 13.2 Å². The van der Waals surface area contributed by atoms with E-state index >= 15 is 0 Å². The highest BCUT2D eigenvalue weighted by atomic mass is 19.4. The van der Waals surface area contributed by atoms with Crippen molar-refractivity contribution in [2.45, 2.75) is 38.9 Å². The molecule has 0 aromatic rings. The molecule has 0 saturated carbocycles. The van der Waals surface area contributed by atoms with Gasteiger partial charge in [0.05, 0.1) is 6.54 Å². The van der Waals surface area contributed by atoms with Gasteiger partial charge in [0.15, 0.2) is 0 Å². The second-order valence-electron chi connectivity index (χ2n) is 4.20. The largest absolute Gasteiger partial charge is 0.480 e. The monoisotopic (exact) mass is 270 g/mol. The number of nitrogens with one attached hydrogen (secondary N) is 1. The van der Waals surface area contributed by atoms with Crippen molar-refractivity contribution < 1.29 is 23.1 Å². The second-order valence-corrected chi connectivity index (χ2v) is 4.20. The molecule has 1 unspecified atom stereocenters. The van der Waals surface area contributed by atoms with Gasteiger partial charge in [0.1, 0.15) is 6.04 Å². The van der Waals surface area contributed by atoms with Crippen molar-refractivity contribution in [3.05, 3.63) is 0 Å². The van der Waals surface area contributed by atoms with E-state index in [1.165, 1.54) is 0 Å². The average molecular weight is 270 g/mol. The molecule has 0 aliphatic carbocycles. The number of carboxylic acid groups (broad SMARTS) is 1. The van der Waals surface area contributed by atoms with Gasteiger partial charge in [0.2, 0.25) is 0 Å². The summed E-state index contributed by atoms with van der Waals surface area (Å²) < 4.78 is 37.0. The molecule has 0 aromatic carbocycles. The number of alkyl halides is 3. The Morgan fingerprint density at radius 3 is 2.33 bits per heavy atom. The van der Waals surface area contributed by atoms with Gasteiger partial charge < -0.3 is 10.4 Å². The van der Waals surface area contributed by atoms with Crippen molar-refractivity contribution in [3.8, 4) is 0 Å². The van der Waals surface area contributed by atoms with Crippen molar-refractivity contribution >= 4 is 5.97 Å². The van der Waals surface area contributed by atoms with Crippen molar-refractivity contribution in [2.24, 2.45) is 0 Å². The van der Waals surface area contributed by atoms with Crippen molar-refractivity contribution in [1.82, 2.24) is 10.2 Å². The maximum atomic E-state index is 12.3. The highest BCUT2D eigenvalue weighted by Crippen LogP contribution is 2.16. The van der Waals surface area contributed by atoms with Gasteiger partial charge >= 0.3 is 12.1 Å². The number of rotatable bonds is 9. The van der Waals surface area contributed by atoms with Gasteiger partial charge in [-0.25, -0.2) is 0 Å². The molecule has 0 aliphatic rings. The molecule has 0 bridgehead atoms. The number of carboxylic acids is 1. The Morgan fingerprint density at radius 1 is 1.33 bits per heavy atom. The third-order valence-corrected chi connectivity index (χ3v) is 2.32. The first-order valence-corrected chi connectivity index (χ1v) is 6.05. The second kappa shape index (κ2) is 8.31. The Bertz CT molecular complexity index is 247. The predicted octanol–water partition coefficient (Wildman–Crippen LogP) is 1.71. The highest BCUT2D eigenvalue weighted by molar-refractivity contribution is 5.73. The first-order valence-electron chi connectivity index (χ1n) is 6.05. The van der Waals surface area contributed by atoms with Crippen LogP contribution in [0.15, 0.2) is 0 Å². The van der Waals surface area contributed by atoms with E-state index in [2.05, 4.69) is 5.32 Å². The van der Waals surface area contributed by atoms with Crippen LogP contribution in [0, 0.1) is 0 Å². The maximum absolute atomic E-state index is 12.3. The van der Waals surface area contributed by atoms with E-state index in [9.17, 15) is 18.0 Å². The summed E-state index contributed by atoms with van der Waals surface area (Å²) in [6, 6.07) is -0.959. The molecule has 7 heteroatoms. The fourth-order valence-corrected chi connectivity index (χ4v) is 1.61. The Labute approximate surface area is 105 Å². The number of nitrogens with zero attached hydrogens (tertiary/aromatic N) is 1. The first-order chi connectivity index (χ1) is 8.30. The molecule has 0 radical (unpaired) electrons. The van der Waals surface area contributed by atoms with Crippen LogP contribution in [-0.4, -0.2) is 54.4 Å². The van der Waals surface area contributed by atoms with Crippen LogP contribution in [-0.2, 0) is 4.79 Å². The molecule has 0 fully saturated rings. The number of hydrogen-bond acceptors (Lipinski definition) is 3. The molecule has 1 atom stereocenters. The van der Waals surface area contributed by atoms with Crippen LogP contribution in [0.25, 0.3) is 0 Å². The van der Waals surface area contributed by atoms with Crippen LogP contribution in [0.4, 0.5) is 13.2 Å². The molecule has 108 valence electrons. The van der Waals surface area contributed by atoms with E-state index < -0.39 is 24.7 Å². The summed E-state index contributed by atoms with van der Waals surface area (Å²) in [4.78, 5) is 12.1. The highest BCUT2D eigenvalue weighted by Gasteiger charge is 2.32. The molecule has 18 heavy (non-hydrogen) atoms. The zero-order valence-corrected chi connectivity index (χ0v) is 10.8. The number of halogens is 3. The van der Waals surface area contributed by atoms with Crippen LogP contribution in [0.5, 0.6) is 0 Å². The molecule has 4 nitrogen and oxygen atoms in total. The summed E-state index contributed by atoms with van der Waals surface area (Å²) in [6.07, 6.45) is -3.02. The van der Waals surface area contributed by atoms with E-state index in [0.29, 0.717) is 13.0 Å². The standard InChI is InChI=1S/C11H21F3N2O2/c1-3-5-15-9(10(17)18)7-16(6-4-2)8-11(12,13)14/h9,15H,3-8H2,1-2H3,(H,17,18). The minimum atomic E-state index is -4.30. The molecular formula is C11H21F3N2O2. The lowest BCUT2D eigenvalue weighted by molar-refractivity contribution is -0.151. The predicted molar refractivity (Wildman–Crippen MR) is 62.5 cm³/mol. The summed E-state index contributed by atoms with van der Waals surface area (Å²) in [5.41, 5.74) is 0. The van der Waals surface area contributed by atoms with E-state index in [-0.39, 0.29) is 13.1 Å². The fraction of sp³-hybridized carbons (Fsp3) is 0.909. The van der Waals surface area contributed by atoms with E-state index in [1.807, 2.05) is 6.92 Å².